The largest absolute Gasteiger partial charge is 0.504 e. The molecule has 2 amide bonds. The summed E-state index contributed by atoms with van der Waals surface area (Å²) in [6, 6.07) is 9.91. The van der Waals surface area contributed by atoms with E-state index in [2.05, 4.69) is 4.98 Å². The number of aromatic hydroxyl groups is 1. The Morgan fingerprint density at radius 2 is 1.60 bits per heavy atom. The first-order valence-corrected chi connectivity index (χ1v) is 19.3. The van der Waals surface area contributed by atoms with Gasteiger partial charge in [0.2, 0.25) is 0 Å². The second kappa shape index (κ2) is 13.8. The number of rotatable bonds is 8. The molecular formula is C38H32Cl2FIN6O9. The molecule has 2 aromatic heterocycles. The molecule has 1 N–H and O–H groups in total. The highest BCUT2D eigenvalue weighted by molar-refractivity contribution is 14.1. The third-order valence-electron chi connectivity index (χ3n) is 11.1. The molecule has 296 valence electrons. The number of fused-ring (bicyclic) bond motifs is 5. The minimum atomic E-state index is -2.21. The third kappa shape index (κ3) is 5.48. The molecule has 2 fully saturated rings. The lowest BCUT2D eigenvalue weighted by atomic mass is 9.64. The van der Waals surface area contributed by atoms with E-state index in [-0.39, 0.29) is 42.4 Å². The Hall–Kier alpha value is -5.14. The maximum atomic E-state index is 14.6. The standard InChI is InChI=1S/C38H32Cl2FIN6O9/c1-44-25-16-28(56-3)27(55-2)15-24(25)43-23(32(44)50)10-11-45-35(53)46-12-9-21-26(48(46)36(45)54)17-37(39)33(51)47(20-7-5-19(41)6-8-20)34(52)38(37,40)30(21)18-13-22(42)31(49)29(14-18)57-4/h5-9,13-16,26,30,49H,10-12,17H2,1-4H3/t26-,30+,37-,38+/m1/s1. The highest BCUT2D eigenvalue weighted by Gasteiger charge is 2.75. The minimum Gasteiger partial charge on any atom is -0.504 e. The fourth-order valence-corrected chi connectivity index (χ4v) is 9.82. The summed E-state index contributed by atoms with van der Waals surface area (Å²) < 4.78 is 35.3. The average molecular weight is 934 g/mol. The number of benzene rings is 3. The Balaban J connectivity index is 1.24. The number of amides is 2. The Labute approximate surface area is 345 Å². The number of imide groups is 1. The van der Waals surface area contributed by atoms with Crippen LogP contribution in [0.1, 0.15) is 29.6 Å². The van der Waals surface area contributed by atoms with E-state index < -0.39 is 62.7 Å². The fraction of sp³-hybridized carbons (Fsp3) is 0.316. The summed E-state index contributed by atoms with van der Waals surface area (Å²) in [5.74, 6) is -2.92. The summed E-state index contributed by atoms with van der Waals surface area (Å²) in [7, 11) is 5.86. The Morgan fingerprint density at radius 1 is 0.930 bits per heavy atom. The third-order valence-corrected chi connectivity index (χ3v) is 13.3. The van der Waals surface area contributed by atoms with E-state index in [1.165, 1.54) is 53.5 Å². The first-order valence-electron chi connectivity index (χ1n) is 17.4. The van der Waals surface area contributed by atoms with Crippen LogP contribution >= 0.6 is 45.8 Å². The molecule has 1 aliphatic carbocycles. The summed E-state index contributed by atoms with van der Waals surface area (Å²) in [5.41, 5.74) is -0.113. The molecule has 0 unspecified atom stereocenters. The van der Waals surface area contributed by atoms with Gasteiger partial charge < -0.3 is 23.9 Å². The van der Waals surface area contributed by atoms with Crippen molar-refractivity contribution in [3.05, 3.63) is 112 Å². The topological polar surface area (TPSA) is 169 Å². The van der Waals surface area contributed by atoms with Crippen molar-refractivity contribution in [1.82, 2.24) is 23.5 Å². The van der Waals surface area contributed by atoms with Crippen molar-refractivity contribution in [3.8, 4) is 23.0 Å². The number of phenols is 1. The number of aromatic nitrogens is 5. The highest BCUT2D eigenvalue weighted by atomic mass is 127. The predicted octanol–water partition coefficient (Wildman–Crippen LogP) is 3.97. The number of ether oxygens (including phenoxy) is 3. The molecule has 3 aromatic carbocycles. The summed E-state index contributed by atoms with van der Waals surface area (Å²) in [5, 5.41) is 10.7. The molecule has 1 saturated heterocycles. The lowest BCUT2D eigenvalue weighted by Crippen LogP contribution is -2.59. The predicted molar refractivity (Wildman–Crippen MR) is 215 cm³/mol. The molecule has 5 aromatic rings. The zero-order valence-corrected chi connectivity index (χ0v) is 34.3. The van der Waals surface area contributed by atoms with Crippen LogP contribution in [0.15, 0.2) is 74.6 Å². The van der Waals surface area contributed by atoms with Gasteiger partial charge in [0.25, 0.3) is 17.4 Å². The molecule has 19 heteroatoms. The number of carbonyl (C=O) groups excluding carboxylic acids is 2. The van der Waals surface area contributed by atoms with Gasteiger partial charge in [0.1, 0.15) is 11.5 Å². The summed E-state index contributed by atoms with van der Waals surface area (Å²) in [6.07, 6.45) is 1.18. The quantitative estimate of drug-likeness (QED) is 0.104. The molecule has 2 aliphatic heterocycles. The van der Waals surface area contributed by atoms with Crippen molar-refractivity contribution in [2.45, 2.75) is 47.6 Å². The molecule has 8 rings (SSSR count). The van der Waals surface area contributed by atoms with E-state index in [1.54, 1.807) is 31.3 Å². The Bertz CT molecular complexity index is 2780. The van der Waals surface area contributed by atoms with Gasteiger partial charge >= 0.3 is 11.4 Å². The number of allylic oxidation sites excluding steroid dienone is 2. The van der Waals surface area contributed by atoms with Crippen molar-refractivity contribution >= 4 is 74.3 Å². The van der Waals surface area contributed by atoms with Crippen molar-refractivity contribution < 1.29 is 33.3 Å². The maximum absolute atomic E-state index is 14.6. The SMILES string of the molecule is COc1cc2nc(CCn3c(=O)n4n(c3=O)[C@@H]3C[C@@]5(Cl)C(=O)N(c6ccc(F)cc6)C(=O)[C@@]5(Cl)[C@@H](c5cc(I)c(O)c(OC)c5)C3=CC4)c(=O)n(C)c2cc1OC. The van der Waals surface area contributed by atoms with E-state index >= 15 is 0 Å². The number of halogens is 4. The van der Waals surface area contributed by atoms with Crippen LogP contribution < -0.4 is 36.0 Å². The summed E-state index contributed by atoms with van der Waals surface area (Å²) >= 11 is 16.8. The molecule has 4 atom stereocenters. The maximum Gasteiger partial charge on any atom is 0.347 e. The molecule has 0 spiro atoms. The van der Waals surface area contributed by atoms with E-state index in [4.69, 9.17) is 37.4 Å². The van der Waals surface area contributed by atoms with Gasteiger partial charge in [0.15, 0.2) is 32.7 Å². The van der Waals surface area contributed by atoms with Crippen LogP contribution in [-0.2, 0) is 36.1 Å². The number of hydrogen-bond acceptors (Lipinski definition) is 10. The lowest BCUT2D eigenvalue weighted by Gasteiger charge is -2.49. The number of phenolic OH excluding ortho intramolecular Hbond substituents is 1. The average Bonchev–Trinajstić information content (AvgIpc) is 3.53. The highest BCUT2D eigenvalue weighted by Crippen LogP contribution is 2.64. The van der Waals surface area contributed by atoms with Crippen molar-refractivity contribution in [3.63, 3.8) is 0 Å². The second-order valence-electron chi connectivity index (χ2n) is 13.9. The molecule has 3 aliphatic rings. The van der Waals surface area contributed by atoms with Gasteiger partial charge in [-0.05, 0) is 70.1 Å². The van der Waals surface area contributed by atoms with Gasteiger partial charge in [-0.15, -0.1) is 23.2 Å². The number of methoxy groups -OCH3 is 3. The second-order valence-corrected chi connectivity index (χ2v) is 16.3. The minimum absolute atomic E-state index is 0.0284. The van der Waals surface area contributed by atoms with Crippen LogP contribution in [0, 0.1) is 9.39 Å². The van der Waals surface area contributed by atoms with E-state index in [0.29, 0.717) is 37.2 Å². The van der Waals surface area contributed by atoms with Crippen LogP contribution in [-0.4, -0.2) is 71.5 Å². The monoisotopic (exact) mass is 932 g/mol. The van der Waals surface area contributed by atoms with Crippen molar-refractivity contribution in [1.29, 1.82) is 0 Å². The molecule has 0 bridgehead atoms. The van der Waals surface area contributed by atoms with Gasteiger partial charge in [0, 0.05) is 44.5 Å². The molecule has 4 heterocycles. The number of anilines is 1. The Kier molecular flexibility index (Phi) is 9.35. The zero-order valence-electron chi connectivity index (χ0n) is 30.6. The van der Waals surface area contributed by atoms with Crippen LogP contribution in [0.4, 0.5) is 10.1 Å². The van der Waals surface area contributed by atoms with Gasteiger partial charge in [0.05, 0.1) is 54.2 Å². The van der Waals surface area contributed by atoms with Crippen LogP contribution in [0.3, 0.4) is 0 Å². The molecule has 57 heavy (non-hydrogen) atoms. The molecule has 1 saturated carbocycles. The van der Waals surface area contributed by atoms with E-state index in [1.807, 2.05) is 22.6 Å². The molecule has 0 radical (unpaired) electrons. The number of aryl methyl sites for hydroxylation is 2. The zero-order chi connectivity index (χ0) is 40.9. The number of carbonyl (C=O) groups is 2. The summed E-state index contributed by atoms with van der Waals surface area (Å²) in [6.45, 7) is -0.356. The normalized spacial score (nSPS) is 22.6. The lowest BCUT2D eigenvalue weighted by molar-refractivity contribution is -0.122. The van der Waals surface area contributed by atoms with Crippen molar-refractivity contribution in [2.75, 3.05) is 26.2 Å². The molecular weight excluding hydrogens is 901 g/mol. The van der Waals surface area contributed by atoms with Crippen molar-refractivity contribution in [2.24, 2.45) is 7.05 Å². The first-order chi connectivity index (χ1) is 27.1. The van der Waals surface area contributed by atoms with Gasteiger partial charge in [-0.25, -0.2) is 37.8 Å². The van der Waals surface area contributed by atoms with Gasteiger partial charge in [-0.2, -0.15) is 0 Å². The smallest absolute Gasteiger partial charge is 0.347 e. The Morgan fingerprint density at radius 3 is 2.26 bits per heavy atom. The van der Waals surface area contributed by atoms with E-state index in [0.717, 1.165) is 21.6 Å². The number of hydrogen-bond donors (Lipinski definition) is 1. The first kappa shape index (κ1) is 38.7. The summed E-state index contributed by atoms with van der Waals surface area (Å²) in [4.78, 5) is 72.0. The number of alkyl halides is 2. The van der Waals surface area contributed by atoms with Crippen LogP contribution in [0.25, 0.3) is 11.0 Å². The molecule has 15 nitrogen and oxygen atoms in total. The number of nitrogens with zero attached hydrogens (tertiary/aromatic N) is 6. The van der Waals surface area contributed by atoms with Gasteiger partial charge in [-0.1, -0.05) is 6.08 Å². The van der Waals surface area contributed by atoms with Crippen LogP contribution in [0.5, 0.6) is 23.0 Å². The fourth-order valence-electron chi connectivity index (χ4n) is 8.28. The van der Waals surface area contributed by atoms with Crippen LogP contribution in [0.2, 0.25) is 0 Å². The van der Waals surface area contributed by atoms with E-state index in [9.17, 15) is 33.5 Å². The van der Waals surface area contributed by atoms with Gasteiger partial charge in [-0.3, -0.25) is 14.4 Å².